The molecular formula is C12H22N2O3. The van der Waals surface area contributed by atoms with Crippen molar-refractivity contribution >= 4 is 12.0 Å². The fraction of sp³-hybridized carbons (Fsp3) is 0.833. The molecule has 3 N–H and O–H groups in total. The van der Waals surface area contributed by atoms with Crippen LogP contribution in [0.5, 0.6) is 0 Å². The number of rotatable bonds is 6. The quantitative estimate of drug-likeness (QED) is 0.661. The summed E-state index contributed by atoms with van der Waals surface area (Å²) < 4.78 is 0. The van der Waals surface area contributed by atoms with Crippen molar-refractivity contribution in [2.45, 2.75) is 46.1 Å². The Morgan fingerprint density at radius 3 is 2.29 bits per heavy atom. The van der Waals surface area contributed by atoms with Gasteiger partial charge in [-0.05, 0) is 31.1 Å². The van der Waals surface area contributed by atoms with Gasteiger partial charge in [-0.25, -0.2) is 4.79 Å². The molecular weight excluding hydrogens is 220 g/mol. The van der Waals surface area contributed by atoms with Crippen LogP contribution in [0, 0.1) is 11.3 Å². The van der Waals surface area contributed by atoms with E-state index in [-0.39, 0.29) is 23.9 Å². The van der Waals surface area contributed by atoms with Crippen LogP contribution in [0.2, 0.25) is 0 Å². The molecule has 1 aliphatic carbocycles. The molecule has 98 valence electrons. The Kier molecular flexibility index (Phi) is 4.37. The third kappa shape index (κ3) is 4.24. The minimum Gasteiger partial charge on any atom is -0.481 e. The summed E-state index contributed by atoms with van der Waals surface area (Å²) in [5.41, 5.74) is 0.271. The lowest BCUT2D eigenvalue weighted by molar-refractivity contribution is -0.137. The monoisotopic (exact) mass is 242 g/mol. The van der Waals surface area contributed by atoms with E-state index in [0.717, 1.165) is 12.8 Å². The Bertz CT molecular complexity index is 298. The summed E-state index contributed by atoms with van der Waals surface area (Å²) >= 11 is 0. The van der Waals surface area contributed by atoms with Gasteiger partial charge in [0.15, 0.2) is 0 Å². The Hall–Kier alpha value is -1.26. The molecule has 2 amide bonds. The van der Waals surface area contributed by atoms with Gasteiger partial charge >= 0.3 is 12.0 Å². The topological polar surface area (TPSA) is 78.4 Å². The molecule has 1 atom stereocenters. The second kappa shape index (κ2) is 5.38. The average molecular weight is 242 g/mol. The first kappa shape index (κ1) is 13.8. The van der Waals surface area contributed by atoms with E-state index in [9.17, 15) is 9.59 Å². The van der Waals surface area contributed by atoms with E-state index in [1.165, 1.54) is 0 Å². The summed E-state index contributed by atoms with van der Waals surface area (Å²) in [5.74, 6) is -0.335. The van der Waals surface area contributed by atoms with Crippen molar-refractivity contribution < 1.29 is 14.7 Å². The first-order valence-electron chi connectivity index (χ1n) is 6.12. The fourth-order valence-electron chi connectivity index (χ4n) is 1.96. The summed E-state index contributed by atoms with van der Waals surface area (Å²) in [6, 6.07) is -0.618. The zero-order valence-corrected chi connectivity index (χ0v) is 10.7. The zero-order valence-electron chi connectivity index (χ0n) is 10.7. The van der Waals surface area contributed by atoms with Gasteiger partial charge in [-0.2, -0.15) is 0 Å². The van der Waals surface area contributed by atoms with Crippen LogP contribution in [0.1, 0.15) is 40.0 Å². The van der Waals surface area contributed by atoms with Gasteiger partial charge < -0.3 is 15.7 Å². The average Bonchev–Trinajstić information content (AvgIpc) is 2.93. The standard InChI is InChI=1S/C12H22N2O3/c1-8(2)12(4-5-12)7-13-11(17)14-9(3)6-10(15)16/h8-9H,4-7H2,1-3H3,(H,15,16)(H2,13,14,17). The third-order valence-corrected chi connectivity index (χ3v) is 3.58. The lowest BCUT2D eigenvalue weighted by atomic mass is 9.92. The molecule has 5 nitrogen and oxygen atoms in total. The number of carboxylic acids is 1. The van der Waals surface area contributed by atoms with E-state index in [1.54, 1.807) is 6.92 Å². The van der Waals surface area contributed by atoms with Gasteiger partial charge in [0.25, 0.3) is 0 Å². The van der Waals surface area contributed by atoms with Gasteiger partial charge in [0, 0.05) is 12.6 Å². The van der Waals surface area contributed by atoms with Gasteiger partial charge in [0.05, 0.1) is 6.42 Å². The van der Waals surface area contributed by atoms with Crippen LogP contribution in [-0.2, 0) is 4.79 Å². The number of aliphatic carboxylic acids is 1. The number of carbonyl (C=O) groups is 2. The van der Waals surface area contributed by atoms with Crippen LogP contribution < -0.4 is 10.6 Å². The van der Waals surface area contributed by atoms with Crippen LogP contribution in [0.25, 0.3) is 0 Å². The molecule has 1 saturated carbocycles. The fourth-order valence-corrected chi connectivity index (χ4v) is 1.96. The largest absolute Gasteiger partial charge is 0.481 e. The van der Waals surface area contributed by atoms with Crippen molar-refractivity contribution in [1.82, 2.24) is 10.6 Å². The molecule has 1 aliphatic rings. The van der Waals surface area contributed by atoms with Crippen LogP contribution in [-0.4, -0.2) is 29.7 Å². The number of nitrogens with one attached hydrogen (secondary N) is 2. The smallest absolute Gasteiger partial charge is 0.315 e. The number of amides is 2. The van der Waals surface area contributed by atoms with Gasteiger partial charge in [-0.3, -0.25) is 4.79 Å². The van der Waals surface area contributed by atoms with Crippen LogP contribution >= 0.6 is 0 Å². The molecule has 0 radical (unpaired) electrons. The Balaban J connectivity index is 2.24. The van der Waals surface area contributed by atoms with Crippen molar-refractivity contribution in [2.24, 2.45) is 11.3 Å². The predicted molar refractivity (Wildman–Crippen MR) is 64.8 cm³/mol. The Morgan fingerprint density at radius 2 is 1.88 bits per heavy atom. The molecule has 0 aliphatic heterocycles. The first-order chi connectivity index (χ1) is 7.85. The van der Waals surface area contributed by atoms with E-state index >= 15 is 0 Å². The lowest BCUT2D eigenvalue weighted by Crippen LogP contribution is -2.44. The molecule has 0 aromatic heterocycles. The molecule has 0 saturated heterocycles. The predicted octanol–water partition coefficient (Wildman–Crippen LogP) is 1.58. The van der Waals surface area contributed by atoms with Crippen molar-refractivity contribution in [2.75, 3.05) is 6.54 Å². The van der Waals surface area contributed by atoms with Gasteiger partial charge in [-0.1, -0.05) is 13.8 Å². The minimum absolute atomic E-state index is 0.0528. The van der Waals surface area contributed by atoms with Crippen LogP contribution in [0.15, 0.2) is 0 Å². The number of hydrogen-bond acceptors (Lipinski definition) is 2. The maximum atomic E-state index is 11.5. The van der Waals surface area contributed by atoms with Gasteiger partial charge in [-0.15, -0.1) is 0 Å². The summed E-state index contributed by atoms with van der Waals surface area (Å²) in [5, 5.41) is 14.0. The highest BCUT2D eigenvalue weighted by Crippen LogP contribution is 2.51. The van der Waals surface area contributed by atoms with Crippen molar-refractivity contribution in [3.05, 3.63) is 0 Å². The maximum Gasteiger partial charge on any atom is 0.315 e. The number of carboxylic acid groups (broad SMARTS) is 1. The van der Waals surface area contributed by atoms with E-state index in [2.05, 4.69) is 24.5 Å². The maximum absolute atomic E-state index is 11.5. The number of carbonyl (C=O) groups excluding carboxylic acids is 1. The van der Waals surface area contributed by atoms with Crippen molar-refractivity contribution in [3.8, 4) is 0 Å². The zero-order chi connectivity index (χ0) is 13.1. The highest BCUT2D eigenvalue weighted by molar-refractivity contribution is 5.75. The number of hydrogen-bond donors (Lipinski definition) is 3. The third-order valence-electron chi connectivity index (χ3n) is 3.58. The molecule has 1 fully saturated rings. The molecule has 5 heteroatoms. The Labute approximate surface area is 102 Å². The second-order valence-corrected chi connectivity index (χ2v) is 5.34. The van der Waals surface area contributed by atoms with Crippen molar-refractivity contribution in [3.63, 3.8) is 0 Å². The van der Waals surface area contributed by atoms with Crippen LogP contribution in [0.3, 0.4) is 0 Å². The van der Waals surface area contributed by atoms with Crippen LogP contribution in [0.4, 0.5) is 4.79 Å². The van der Waals surface area contributed by atoms with E-state index in [4.69, 9.17) is 5.11 Å². The summed E-state index contributed by atoms with van der Waals surface area (Å²) in [6.07, 6.45) is 2.27. The molecule has 17 heavy (non-hydrogen) atoms. The van der Waals surface area contributed by atoms with E-state index in [0.29, 0.717) is 12.5 Å². The summed E-state index contributed by atoms with van der Waals surface area (Å²) in [7, 11) is 0. The molecule has 0 aromatic carbocycles. The Morgan fingerprint density at radius 1 is 1.29 bits per heavy atom. The normalized spacial score (nSPS) is 18.6. The lowest BCUT2D eigenvalue weighted by Gasteiger charge is -2.21. The molecule has 0 bridgehead atoms. The SMILES string of the molecule is CC(CC(=O)O)NC(=O)NCC1(C(C)C)CC1. The molecule has 0 heterocycles. The molecule has 1 rings (SSSR count). The van der Waals surface area contributed by atoms with Gasteiger partial charge in [0.2, 0.25) is 0 Å². The molecule has 0 spiro atoms. The molecule has 0 aromatic rings. The highest BCUT2D eigenvalue weighted by atomic mass is 16.4. The minimum atomic E-state index is -0.904. The van der Waals surface area contributed by atoms with E-state index < -0.39 is 5.97 Å². The summed E-state index contributed by atoms with van der Waals surface area (Å²) in [4.78, 5) is 22.0. The summed E-state index contributed by atoms with van der Waals surface area (Å²) in [6.45, 7) is 6.69. The molecule has 1 unspecified atom stereocenters. The van der Waals surface area contributed by atoms with Crippen molar-refractivity contribution in [1.29, 1.82) is 0 Å². The number of urea groups is 1. The van der Waals surface area contributed by atoms with E-state index in [1.807, 2.05) is 0 Å². The second-order valence-electron chi connectivity index (χ2n) is 5.34. The van der Waals surface area contributed by atoms with Gasteiger partial charge in [0.1, 0.15) is 0 Å². The first-order valence-corrected chi connectivity index (χ1v) is 6.12. The highest BCUT2D eigenvalue weighted by Gasteiger charge is 2.45.